The number of alkyl halides is 2. The Kier molecular flexibility index (Phi) is 6.16. The predicted molar refractivity (Wildman–Crippen MR) is 61.6 cm³/mol. The van der Waals surface area contributed by atoms with E-state index in [1.54, 1.807) is 12.1 Å². The van der Waals surface area contributed by atoms with Gasteiger partial charge in [-0.05, 0) is 5.56 Å². The first-order valence-electron chi connectivity index (χ1n) is 5.39. The van der Waals surface area contributed by atoms with Crippen molar-refractivity contribution in [2.24, 2.45) is 0 Å². The van der Waals surface area contributed by atoms with Gasteiger partial charge in [-0.2, -0.15) is 0 Å². The maximum absolute atomic E-state index is 11.7. The standard InChI is InChI=1S/C11H14F2N2O3/c12-11(13)8-18-5-4-14-7-9-2-1-3-10(6-9)15(16)17/h1-3,6,11,14H,4-5,7-8H2. The number of nitro benzene ring substituents is 1. The molecule has 0 saturated carbocycles. The van der Waals surface area contributed by atoms with Gasteiger partial charge in [0.05, 0.1) is 11.5 Å². The second-order valence-corrected chi connectivity index (χ2v) is 3.57. The molecular weight excluding hydrogens is 246 g/mol. The van der Waals surface area contributed by atoms with Crippen molar-refractivity contribution < 1.29 is 18.4 Å². The zero-order chi connectivity index (χ0) is 13.4. The van der Waals surface area contributed by atoms with E-state index >= 15 is 0 Å². The van der Waals surface area contributed by atoms with Crippen molar-refractivity contribution in [3.05, 3.63) is 39.9 Å². The number of ether oxygens (including phenoxy) is 1. The maximum Gasteiger partial charge on any atom is 0.269 e. The molecule has 0 aromatic heterocycles. The number of rotatable bonds is 8. The van der Waals surface area contributed by atoms with Crippen molar-refractivity contribution in [1.29, 1.82) is 0 Å². The number of halogens is 2. The number of benzene rings is 1. The van der Waals surface area contributed by atoms with Crippen LogP contribution in [0.25, 0.3) is 0 Å². The lowest BCUT2D eigenvalue weighted by Crippen LogP contribution is -2.20. The van der Waals surface area contributed by atoms with Crippen LogP contribution >= 0.6 is 0 Å². The molecule has 0 spiro atoms. The summed E-state index contributed by atoms with van der Waals surface area (Å²) >= 11 is 0. The Morgan fingerprint density at radius 1 is 1.44 bits per heavy atom. The van der Waals surface area contributed by atoms with Crippen LogP contribution in [0.15, 0.2) is 24.3 Å². The SMILES string of the molecule is O=[N+]([O-])c1cccc(CNCCOCC(F)F)c1. The van der Waals surface area contributed by atoms with Gasteiger partial charge in [-0.25, -0.2) is 8.78 Å². The minimum Gasteiger partial charge on any atom is -0.374 e. The molecule has 1 rings (SSSR count). The zero-order valence-corrected chi connectivity index (χ0v) is 9.64. The number of nitrogens with zero attached hydrogens (tertiary/aromatic N) is 1. The lowest BCUT2D eigenvalue weighted by molar-refractivity contribution is -0.384. The van der Waals surface area contributed by atoms with E-state index in [0.29, 0.717) is 13.1 Å². The molecule has 0 amide bonds. The second kappa shape index (κ2) is 7.67. The molecule has 1 N–H and O–H groups in total. The lowest BCUT2D eigenvalue weighted by Gasteiger charge is -2.05. The third kappa shape index (κ3) is 5.65. The van der Waals surface area contributed by atoms with E-state index in [1.165, 1.54) is 12.1 Å². The lowest BCUT2D eigenvalue weighted by atomic mass is 10.2. The molecule has 0 radical (unpaired) electrons. The summed E-state index contributed by atoms with van der Waals surface area (Å²) in [6.45, 7) is 0.451. The van der Waals surface area contributed by atoms with Crippen molar-refractivity contribution in [2.75, 3.05) is 19.8 Å². The molecule has 7 heteroatoms. The highest BCUT2D eigenvalue weighted by Gasteiger charge is 2.05. The molecule has 1 aromatic rings. The van der Waals surface area contributed by atoms with E-state index < -0.39 is 18.0 Å². The molecule has 18 heavy (non-hydrogen) atoms. The van der Waals surface area contributed by atoms with Crippen LogP contribution in [-0.4, -0.2) is 31.1 Å². The van der Waals surface area contributed by atoms with Crippen molar-refractivity contribution >= 4 is 5.69 Å². The highest BCUT2D eigenvalue weighted by atomic mass is 19.3. The Morgan fingerprint density at radius 3 is 2.89 bits per heavy atom. The summed E-state index contributed by atoms with van der Waals surface area (Å²) in [5.74, 6) is 0. The molecule has 1 aromatic carbocycles. The highest BCUT2D eigenvalue weighted by Crippen LogP contribution is 2.12. The molecule has 0 aliphatic heterocycles. The maximum atomic E-state index is 11.7. The van der Waals surface area contributed by atoms with Crippen LogP contribution < -0.4 is 5.32 Å². The Bertz CT molecular complexity index is 388. The van der Waals surface area contributed by atoms with Gasteiger partial charge in [-0.15, -0.1) is 0 Å². The van der Waals surface area contributed by atoms with E-state index in [1.807, 2.05) is 0 Å². The van der Waals surface area contributed by atoms with Crippen LogP contribution in [0.4, 0.5) is 14.5 Å². The Morgan fingerprint density at radius 2 is 2.22 bits per heavy atom. The van der Waals surface area contributed by atoms with Crippen LogP contribution in [0.5, 0.6) is 0 Å². The van der Waals surface area contributed by atoms with Crippen LogP contribution in [0.2, 0.25) is 0 Å². The van der Waals surface area contributed by atoms with E-state index in [9.17, 15) is 18.9 Å². The monoisotopic (exact) mass is 260 g/mol. The van der Waals surface area contributed by atoms with Crippen LogP contribution in [0.3, 0.4) is 0 Å². The van der Waals surface area contributed by atoms with Crippen molar-refractivity contribution in [2.45, 2.75) is 13.0 Å². The quantitative estimate of drug-likeness (QED) is 0.441. The molecule has 0 aliphatic rings. The van der Waals surface area contributed by atoms with Gasteiger partial charge in [0.25, 0.3) is 12.1 Å². The summed E-state index contributed by atoms with van der Waals surface area (Å²) in [6, 6.07) is 6.23. The van der Waals surface area contributed by atoms with E-state index in [0.717, 1.165) is 5.56 Å². The van der Waals surface area contributed by atoms with Crippen LogP contribution in [0.1, 0.15) is 5.56 Å². The number of hydrogen-bond acceptors (Lipinski definition) is 4. The Hall–Kier alpha value is -1.60. The minimum atomic E-state index is -2.46. The number of hydrogen-bond donors (Lipinski definition) is 1. The first-order valence-corrected chi connectivity index (χ1v) is 5.39. The number of nitrogens with one attached hydrogen (secondary N) is 1. The molecular formula is C11H14F2N2O3. The summed E-state index contributed by atoms with van der Waals surface area (Å²) in [5, 5.41) is 13.5. The third-order valence-electron chi connectivity index (χ3n) is 2.12. The fourth-order valence-electron chi connectivity index (χ4n) is 1.33. The molecule has 0 unspecified atom stereocenters. The first kappa shape index (κ1) is 14.5. The van der Waals surface area contributed by atoms with E-state index in [-0.39, 0.29) is 12.3 Å². The summed E-state index contributed by atoms with van der Waals surface area (Å²) in [6.07, 6.45) is -2.46. The van der Waals surface area contributed by atoms with Gasteiger partial charge in [0.1, 0.15) is 6.61 Å². The van der Waals surface area contributed by atoms with Gasteiger partial charge < -0.3 is 10.1 Å². The summed E-state index contributed by atoms with van der Waals surface area (Å²) in [5.41, 5.74) is 0.793. The Balaban J connectivity index is 2.23. The van der Waals surface area contributed by atoms with Crippen LogP contribution in [0, 0.1) is 10.1 Å². The number of nitro groups is 1. The van der Waals surface area contributed by atoms with E-state index in [2.05, 4.69) is 10.1 Å². The molecule has 0 heterocycles. The van der Waals surface area contributed by atoms with Crippen molar-refractivity contribution in [3.63, 3.8) is 0 Å². The normalized spacial score (nSPS) is 10.8. The first-order chi connectivity index (χ1) is 8.59. The topological polar surface area (TPSA) is 64.4 Å². The van der Waals surface area contributed by atoms with Crippen molar-refractivity contribution in [1.82, 2.24) is 5.32 Å². The minimum absolute atomic E-state index is 0.0308. The molecule has 0 saturated heterocycles. The smallest absolute Gasteiger partial charge is 0.269 e. The summed E-state index contributed by atoms with van der Waals surface area (Å²) in [4.78, 5) is 10.1. The fraction of sp³-hybridized carbons (Fsp3) is 0.455. The van der Waals surface area contributed by atoms with Gasteiger partial charge in [-0.3, -0.25) is 10.1 Å². The zero-order valence-electron chi connectivity index (χ0n) is 9.64. The molecule has 0 fully saturated rings. The molecule has 0 aliphatic carbocycles. The highest BCUT2D eigenvalue weighted by molar-refractivity contribution is 5.34. The molecule has 100 valence electrons. The Labute approximate surface area is 103 Å². The largest absolute Gasteiger partial charge is 0.374 e. The van der Waals surface area contributed by atoms with Crippen LogP contribution in [-0.2, 0) is 11.3 Å². The summed E-state index contributed by atoms with van der Waals surface area (Å²) < 4.78 is 28.1. The van der Waals surface area contributed by atoms with Gasteiger partial charge in [0.2, 0.25) is 0 Å². The van der Waals surface area contributed by atoms with E-state index in [4.69, 9.17) is 0 Å². The predicted octanol–water partition coefficient (Wildman–Crippen LogP) is 1.97. The second-order valence-electron chi connectivity index (χ2n) is 3.57. The van der Waals surface area contributed by atoms with Gasteiger partial charge >= 0.3 is 0 Å². The van der Waals surface area contributed by atoms with Gasteiger partial charge in [0.15, 0.2) is 0 Å². The molecule has 0 bridgehead atoms. The summed E-state index contributed by atoms with van der Waals surface area (Å²) in [7, 11) is 0. The van der Waals surface area contributed by atoms with Crippen molar-refractivity contribution in [3.8, 4) is 0 Å². The van der Waals surface area contributed by atoms with Gasteiger partial charge in [0, 0.05) is 25.2 Å². The average Bonchev–Trinajstić information content (AvgIpc) is 2.33. The third-order valence-corrected chi connectivity index (χ3v) is 2.12. The average molecular weight is 260 g/mol. The van der Waals surface area contributed by atoms with Gasteiger partial charge in [-0.1, -0.05) is 12.1 Å². The number of non-ortho nitro benzene ring substituents is 1. The molecule has 5 nitrogen and oxygen atoms in total. The molecule has 0 atom stereocenters. The fourth-order valence-corrected chi connectivity index (χ4v) is 1.33.